The third kappa shape index (κ3) is 6.13. The second-order valence-corrected chi connectivity index (χ2v) is 7.45. The summed E-state index contributed by atoms with van der Waals surface area (Å²) in [5.41, 5.74) is 0.164. The number of hydrogen-bond acceptors (Lipinski definition) is 4. The van der Waals surface area contributed by atoms with Crippen LogP contribution in [0.2, 0.25) is 0 Å². The van der Waals surface area contributed by atoms with E-state index in [9.17, 15) is 13.2 Å². The first kappa shape index (κ1) is 18.6. The van der Waals surface area contributed by atoms with Crippen molar-refractivity contribution in [3.8, 4) is 0 Å². The summed E-state index contributed by atoms with van der Waals surface area (Å²) in [4.78, 5) is 10.8. The molecule has 22 heavy (non-hydrogen) atoms. The molecule has 2 N–H and O–H groups in total. The van der Waals surface area contributed by atoms with E-state index in [-0.39, 0.29) is 17.7 Å². The molecule has 6 nitrogen and oxygen atoms in total. The Hall–Kier alpha value is -1.44. The predicted octanol–water partition coefficient (Wildman–Crippen LogP) is 1.80. The molecule has 0 heterocycles. The summed E-state index contributed by atoms with van der Waals surface area (Å²) in [6, 6.07) is 6.58. The van der Waals surface area contributed by atoms with Crippen LogP contribution in [0.3, 0.4) is 0 Å². The summed E-state index contributed by atoms with van der Waals surface area (Å²) in [6.45, 7) is 3.91. The average molecular weight is 329 g/mol. The van der Waals surface area contributed by atoms with E-state index in [1.807, 2.05) is 0 Å². The van der Waals surface area contributed by atoms with Gasteiger partial charge in [-0.15, -0.1) is 0 Å². The van der Waals surface area contributed by atoms with Crippen LogP contribution >= 0.6 is 0 Å². The van der Waals surface area contributed by atoms with E-state index in [1.165, 1.54) is 0 Å². The first-order valence-electron chi connectivity index (χ1n) is 7.00. The van der Waals surface area contributed by atoms with Gasteiger partial charge in [0.1, 0.15) is 0 Å². The minimum Gasteiger partial charge on any atom is -0.481 e. The molecule has 0 atom stereocenters. The zero-order valence-corrected chi connectivity index (χ0v) is 13.9. The van der Waals surface area contributed by atoms with Gasteiger partial charge in [0, 0.05) is 19.1 Å². The molecule has 0 aliphatic heterocycles. The number of aliphatic carboxylic acids is 1. The standard InChI is InChI=1S/C15H23NO5S/c1-15(2,10-8-14(17)18)16-22(19,20)13-6-4-12(5-7-13)9-11-21-3/h4-7,16H,8-11H2,1-3H3,(H,17,18). The highest BCUT2D eigenvalue weighted by atomic mass is 32.2. The van der Waals surface area contributed by atoms with Crippen molar-refractivity contribution in [2.24, 2.45) is 0 Å². The lowest BCUT2D eigenvalue weighted by Gasteiger charge is -2.25. The Morgan fingerprint density at radius 2 is 1.86 bits per heavy atom. The number of ether oxygens (including phenoxy) is 1. The molecule has 0 bridgehead atoms. The number of rotatable bonds is 9. The minimum atomic E-state index is -3.68. The molecule has 124 valence electrons. The van der Waals surface area contributed by atoms with Crippen molar-refractivity contribution in [1.82, 2.24) is 4.72 Å². The number of sulfonamides is 1. The van der Waals surface area contributed by atoms with E-state index >= 15 is 0 Å². The third-order valence-electron chi connectivity index (χ3n) is 3.20. The van der Waals surface area contributed by atoms with Crippen LogP contribution < -0.4 is 4.72 Å². The lowest BCUT2D eigenvalue weighted by molar-refractivity contribution is -0.137. The topological polar surface area (TPSA) is 92.7 Å². The van der Waals surface area contributed by atoms with Gasteiger partial charge in [-0.25, -0.2) is 13.1 Å². The monoisotopic (exact) mass is 329 g/mol. The number of carbonyl (C=O) groups is 1. The van der Waals surface area contributed by atoms with Crippen LogP contribution in [-0.4, -0.2) is 38.7 Å². The summed E-state index contributed by atoms with van der Waals surface area (Å²) >= 11 is 0. The molecular weight excluding hydrogens is 306 g/mol. The SMILES string of the molecule is COCCc1ccc(S(=O)(=O)NC(C)(C)CCC(=O)O)cc1. The predicted molar refractivity (Wildman–Crippen MR) is 83.3 cm³/mol. The molecule has 0 fully saturated rings. The molecule has 0 aromatic heterocycles. The maximum Gasteiger partial charge on any atom is 0.303 e. The van der Waals surface area contributed by atoms with Crippen molar-refractivity contribution >= 4 is 16.0 Å². The number of carboxylic acids is 1. The number of carboxylic acid groups (broad SMARTS) is 1. The lowest BCUT2D eigenvalue weighted by Crippen LogP contribution is -2.43. The van der Waals surface area contributed by atoms with Crippen molar-refractivity contribution in [2.75, 3.05) is 13.7 Å². The van der Waals surface area contributed by atoms with Crippen LogP contribution in [0.5, 0.6) is 0 Å². The second kappa shape index (κ2) is 7.71. The molecule has 0 amide bonds. The Bertz CT molecular complexity index is 593. The van der Waals surface area contributed by atoms with Crippen LogP contribution in [0.25, 0.3) is 0 Å². The molecular formula is C15H23NO5S. The van der Waals surface area contributed by atoms with E-state index in [0.29, 0.717) is 13.0 Å². The molecule has 1 aromatic rings. The van der Waals surface area contributed by atoms with Gasteiger partial charge >= 0.3 is 5.97 Å². The first-order chi connectivity index (χ1) is 10.2. The van der Waals surface area contributed by atoms with Gasteiger partial charge in [-0.3, -0.25) is 4.79 Å². The average Bonchev–Trinajstić information content (AvgIpc) is 2.42. The van der Waals surface area contributed by atoms with E-state index < -0.39 is 21.5 Å². The molecule has 0 saturated carbocycles. The van der Waals surface area contributed by atoms with Crippen LogP contribution in [0.4, 0.5) is 0 Å². The van der Waals surface area contributed by atoms with Crippen LogP contribution in [0.15, 0.2) is 29.2 Å². The summed E-state index contributed by atoms with van der Waals surface area (Å²) in [6.07, 6.45) is 0.841. The first-order valence-corrected chi connectivity index (χ1v) is 8.48. The summed E-state index contributed by atoms with van der Waals surface area (Å²) in [5.74, 6) is -0.949. The van der Waals surface area contributed by atoms with E-state index in [2.05, 4.69) is 4.72 Å². The van der Waals surface area contributed by atoms with E-state index in [1.54, 1.807) is 45.2 Å². The Morgan fingerprint density at radius 1 is 1.27 bits per heavy atom. The highest BCUT2D eigenvalue weighted by Crippen LogP contribution is 2.18. The highest BCUT2D eigenvalue weighted by Gasteiger charge is 2.26. The quantitative estimate of drug-likeness (QED) is 0.720. The molecule has 1 aromatic carbocycles. The summed E-state index contributed by atoms with van der Waals surface area (Å²) in [7, 11) is -2.06. The van der Waals surface area contributed by atoms with Gasteiger partial charge < -0.3 is 9.84 Å². The number of hydrogen-bond donors (Lipinski definition) is 2. The van der Waals surface area contributed by atoms with Crippen LogP contribution in [0.1, 0.15) is 32.3 Å². The van der Waals surface area contributed by atoms with Gasteiger partial charge in [0.2, 0.25) is 10.0 Å². The summed E-state index contributed by atoms with van der Waals surface area (Å²) < 4.78 is 32.2. The van der Waals surface area contributed by atoms with Crippen molar-refractivity contribution in [3.05, 3.63) is 29.8 Å². The Kier molecular flexibility index (Phi) is 6.52. The number of nitrogens with one attached hydrogen (secondary N) is 1. The maximum atomic E-state index is 12.3. The van der Waals surface area contributed by atoms with Gasteiger partial charge in [0.25, 0.3) is 0 Å². The number of methoxy groups -OCH3 is 1. The van der Waals surface area contributed by atoms with Crippen LogP contribution in [-0.2, 0) is 26.0 Å². The van der Waals surface area contributed by atoms with Crippen LogP contribution in [0, 0.1) is 0 Å². The molecule has 0 radical (unpaired) electrons. The molecule has 0 spiro atoms. The molecule has 7 heteroatoms. The van der Waals surface area contributed by atoms with Crippen molar-refractivity contribution in [1.29, 1.82) is 0 Å². The maximum absolute atomic E-state index is 12.3. The smallest absolute Gasteiger partial charge is 0.303 e. The van der Waals surface area contributed by atoms with Crippen molar-refractivity contribution in [3.63, 3.8) is 0 Å². The second-order valence-electron chi connectivity index (χ2n) is 5.77. The molecule has 0 saturated heterocycles. The molecule has 0 unspecified atom stereocenters. The van der Waals surface area contributed by atoms with Gasteiger partial charge in [0.15, 0.2) is 0 Å². The van der Waals surface area contributed by atoms with E-state index in [4.69, 9.17) is 9.84 Å². The largest absolute Gasteiger partial charge is 0.481 e. The van der Waals surface area contributed by atoms with Crippen molar-refractivity contribution in [2.45, 2.75) is 43.5 Å². The fourth-order valence-corrected chi connectivity index (χ4v) is 3.39. The van der Waals surface area contributed by atoms with Gasteiger partial charge in [0.05, 0.1) is 11.5 Å². The van der Waals surface area contributed by atoms with Gasteiger partial charge in [-0.05, 0) is 44.4 Å². The van der Waals surface area contributed by atoms with Gasteiger partial charge in [-0.2, -0.15) is 0 Å². The normalized spacial score (nSPS) is 12.3. The fraction of sp³-hybridized carbons (Fsp3) is 0.533. The Morgan fingerprint density at radius 3 is 2.36 bits per heavy atom. The zero-order chi connectivity index (χ0) is 16.8. The molecule has 0 aliphatic carbocycles. The fourth-order valence-electron chi connectivity index (χ4n) is 1.95. The minimum absolute atomic E-state index is 0.0918. The van der Waals surface area contributed by atoms with E-state index in [0.717, 1.165) is 5.56 Å². The zero-order valence-electron chi connectivity index (χ0n) is 13.1. The Labute approximate surface area is 131 Å². The summed E-state index contributed by atoms with van der Waals surface area (Å²) in [5, 5.41) is 8.71. The third-order valence-corrected chi connectivity index (χ3v) is 4.92. The molecule has 0 aliphatic rings. The Balaban J connectivity index is 2.78. The number of benzene rings is 1. The highest BCUT2D eigenvalue weighted by molar-refractivity contribution is 7.89. The molecule has 1 rings (SSSR count). The lowest BCUT2D eigenvalue weighted by atomic mass is 10.0. The van der Waals surface area contributed by atoms with Crippen molar-refractivity contribution < 1.29 is 23.1 Å². The van der Waals surface area contributed by atoms with Gasteiger partial charge in [-0.1, -0.05) is 12.1 Å².